The molecule has 0 fully saturated rings. The summed E-state index contributed by atoms with van der Waals surface area (Å²) in [6, 6.07) is 13.9. The van der Waals surface area contributed by atoms with E-state index in [2.05, 4.69) is 5.32 Å². The molecule has 1 heterocycles. The van der Waals surface area contributed by atoms with Gasteiger partial charge in [-0.25, -0.2) is 0 Å². The fourth-order valence-corrected chi connectivity index (χ4v) is 3.00. The van der Waals surface area contributed by atoms with Crippen molar-refractivity contribution in [1.82, 2.24) is 0 Å². The van der Waals surface area contributed by atoms with Crippen molar-refractivity contribution in [3.05, 3.63) is 70.6 Å². The normalized spacial score (nSPS) is 10.4. The number of hydrogen-bond donors (Lipinski definition) is 1. The highest BCUT2D eigenvalue weighted by atomic mass is 35.5. The zero-order valence-corrected chi connectivity index (χ0v) is 16.5. The number of carbonyl (C=O) groups is 1. The van der Waals surface area contributed by atoms with Gasteiger partial charge in [-0.3, -0.25) is 4.79 Å². The third kappa shape index (κ3) is 4.40. The van der Waals surface area contributed by atoms with Crippen LogP contribution in [0, 0.1) is 0 Å². The van der Waals surface area contributed by atoms with Gasteiger partial charge in [0.25, 0.3) is 5.91 Å². The number of halogens is 1. The maximum absolute atomic E-state index is 12.4. The third-order valence-electron chi connectivity index (χ3n) is 4.15. The van der Waals surface area contributed by atoms with Crippen molar-refractivity contribution in [2.45, 2.75) is 6.42 Å². The number of amides is 1. The molecule has 0 aliphatic heterocycles. The van der Waals surface area contributed by atoms with Crippen LogP contribution in [0.5, 0.6) is 17.2 Å². The van der Waals surface area contributed by atoms with Gasteiger partial charge < -0.3 is 23.9 Å². The highest BCUT2D eigenvalue weighted by molar-refractivity contribution is 6.32. The van der Waals surface area contributed by atoms with Crippen LogP contribution in [0.3, 0.4) is 0 Å². The molecule has 146 valence electrons. The van der Waals surface area contributed by atoms with Gasteiger partial charge in [0, 0.05) is 17.7 Å². The van der Waals surface area contributed by atoms with Gasteiger partial charge >= 0.3 is 0 Å². The van der Waals surface area contributed by atoms with E-state index in [1.807, 2.05) is 18.2 Å². The second-order valence-electron chi connectivity index (χ2n) is 5.92. The summed E-state index contributed by atoms with van der Waals surface area (Å²) in [6.45, 7) is 0. The van der Waals surface area contributed by atoms with Crippen LogP contribution in [-0.4, -0.2) is 27.2 Å². The fourth-order valence-electron chi connectivity index (χ4n) is 2.74. The van der Waals surface area contributed by atoms with Gasteiger partial charge in [-0.05, 0) is 48.5 Å². The first-order valence-corrected chi connectivity index (χ1v) is 8.86. The summed E-state index contributed by atoms with van der Waals surface area (Å²) in [5.74, 6) is 2.43. The van der Waals surface area contributed by atoms with Crippen molar-refractivity contribution in [2.75, 3.05) is 26.6 Å². The molecule has 0 aliphatic carbocycles. The Morgan fingerprint density at radius 2 is 1.71 bits per heavy atom. The van der Waals surface area contributed by atoms with E-state index in [0.29, 0.717) is 28.6 Å². The van der Waals surface area contributed by atoms with Gasteiger partial charge in [0.15, 0.2) is 5.76 Å². The monoisotopic (exact) mass is 401 g/mol. The zero-order chi connectivity index (χ0) is 20.1. The Balaban J connectivity index is 1.73. The fraction of sp³-hybridized carbons (Fsp3) is 0.190. The molecule has 1 N–H and O–H groups in total. The summed E-state index contributed by atoms with van der Waals surface area (Å²) in [4.78, 5) is 12.4. The van der Waals surface area contributed by atoms with Crippen molar-refractivity contribution in [3.8, 4) is 17.2 Å². The number of rotatable bonds is 7. The van der Waals surface area contributed by atoms with Crippen molar-refractivity contribution in [2.24, 2.45) is 0 Å². The first-order chi connectivity index (χ1) is 13.5. The van der Waals surface area contributed by atoms with E-state index in [-0.39, 0.29) is 11.7 Å². The summed E-state index contributed by atoms with van der Waals surface area (Å²) in [5, 5.41) is 3.16. The molecule has 3 rings (SSSR count). The summed E-state index contributed by atoms with van der Waals surface area (Å²) < 4.78 is 21.4. The number of ether oxygens (including phenoxy) is 3. The van der Waals surface area contributed by atoms with Crippen LogP contribution < -0.4 is 19.5 Å². The van der Waals surface area contributed by atoms with Gasteiger partial charge in [-0.2, -0.15) is 0 Å². The minimum absolute atomic E-state index is 0.198. The van der Waals surface area contributed by atoms with E-state index in [0.717, 1.165) is 17.1 Å². The maximum Gasteiger partial charge on any atom is 0.291 e. The molecule has 7 heteroatoms. The number of nitrogens with one attached hydrogen (secondary N) is 1. The van der Waals surface area contributed by atoms with Gasteiger partial charge in [-0.1, -0.05) is 11.6 Å². The number of anilines is 1. The Labute approximate surface area is 168 Å². The molecule has 0 saturated heterocycles. The van der Waals surface area contributed by atoms with Crippen LogP contribution in [0.1, 0.15) is 21.9 Å². The van der Waals surface area contributed by atoms with Crippen LogP contribution >= 0.6 is 11.6 Å². The van der Waals surface area contributed by atoms with E-state index in [1.54, 1.807) is 44.6 Å². The highest BCUT2D eigenvalue weighted by Crippen LogP contribution is 2.29. The van der Waals surface area contributed by atoms with Crippen LogP contribution in [0.15, 0.2) is 52.9 Å². The molecular formula is C21H20ClNO5. The minimum Gasteiger partial charge on any atom is -0.497 e. The SMILES string of the molecule is COc1ccc(OC)c(Cc2ccc(C(=O)Nc3ccc(OC)c(Cl)c3)o2)c1. The Morgan fingerprint density at radius 3 is 2.39 bits per heavy atom. The minimum atomic E-state index is -0.370. The Bertz CT molecular complexity index is 983. The number of carbonyl (C=O) groups excluding carboxylic acids is 1. The predicted molar refractivity (Wildman–Crippen MR) is 107 cm³/mol. The highest BCUT2D eigenvalue weighted by Gasteiger charge is 2.14. The third-order valence-corrected chi connectivity index (χ3v) is 4.44. The Kier molecular flexibility index (Phi) is 6.11. The lowest BCUT2D eigenvalue weighted by Gasteiger charge is -2.09. The molecule has 0 aliphatic rings. The molecule has 0 atom stereocenters. The lowest BCUT2D eigenvalue weighted by atomic mass is 10.1. The second-order valence-corrected chi connectivity index (χ2v) is 6.33. The number of methoxy groups -OCH3 is 3. The van der Waals surface area contributed by atoms with Gasteiger partial charge in [0.2, 0.25) is 0 Å². The molecule has 0 bridgehead atoms. The van der Waals surface area contributed by atoms with Crippen LogP contribution in [0.2, 0.25) is 5.02 Å². The van der Waals surface area contributed by atoms with E-state index in [9.17, 15) is 4.79 Å². The average molecular weight is 402 g/mol. The number of furan rings is 1. The van der Waals surface area contributed by atoms with Crippen molar-refractivity contribution in [1.29, 1.82) is 0 Å². The topological polar surface area (TPSA) is 69.9 Å². The largest absolute Gasteiger partial charge is 0.497 e. The molecule has 6 nitrogen and oxygen atoms in total. The molecule has 3 aromatic rings. The van der Waals surface area contributed by atoms with E-state index < -0.39 is 0 Å². The summed E-state index contributed by atoms with van der Waals surface area (Å²) >= 11 is 6.08. The summed E-state index contributed by atoms with van der Waals surface area (Å²) in [6.07, 6.45) is 0.460. The Morgan fingerprint density at radius 1 is 0.964 bits per heavy atom. The Hall–Kier alpha value is -3.12. The molecular weight excluding hydrogens is 382 g/mol. The summed E-state index contributed by atoms with van der Waals surface area (Å²) in [7, 11) is 4.74. The van der Waals surface area contributed by atoms with Crippen LogP contribution in [-0.2, 0) is 6.42 Å². The standard InChI is InChI=1S/C21H20ClNO5/c1-25-15-5-8-18(26-2)13(10-15)11-16-6-9-20(28-16)21(24)23-14-4-7-19(27-3)17(22)12-14/h4-10,12H,11H2,1-3H3,(H,23,24). The van der Waals surface area contributed by atoms with Crippen LogP contribution in [0.4, 0.5) is 5.69 Å². The van der Waals surface area contributed by atoms with Crippen LogP contribution in [0.25, 0.3) is 0 Å². The predicted octanol–water partition coefficient (Wildman–Crippen LogP) is 4.80. The zero-order valence-electron chi connectivity index (χ0n) is 15.7. The van der Waals surface area contributed by atoms with Crippen molar-refractivity contribution < 1.29 is 23.4 Å². The number of benzene rings is 2. The van der Waals surface area contributed by atoms with Gasteiger partial charge in [-0.15, -0.1) is 0 Å². The van der Waals surface area contributed by atoms with Gasteiger partial charge in [0.1, 0.15) is 23.0 Å². The van der Waals surface area contributed by atoms with Gasteiger partial charge in [0.05, 0.1) is 26.4 Å². The molecule has 0 spiro atoms. The molecule has 0 saturated carbocycles. The molecule has 28 heavy (non-hydrogen) atoms. The number of hydrogen-bond acceptors (Lipinski definition) is 5. The van der Waals surface area contributed by atoms with E-state index >= 15 is 0 Å². The quantitative estimate of drug-likeness (QED) is 0.615. The molecule has 0 unspecified atom stereocenters. The van der Waals surface area contributed by atoms with E-state index in [4.69, 9.17) is 30.2 Å². The van der Waals surface area contributed by atoms with Crippen molar-refractivity contribution in [3.63, 3.8) is 0 Å². The summed E-state index contributed by atoms with van der Waals surface area (Å²) in [5.41, 5.74) is 1.44. The molecule has 0 radical (unpaired) electrons. The second kappa shape index (κ2) is 8.71. The molecule has 1 amide bonds. The molecule has 1 aromatic heterocycles. The van der Waals surface area contributed by atoms with Crippen molar-refractivity contribution >= 4 is 23.2 Å². The first-order valence-electron chi connectivity index (χ1n) is 8.48. The maximum atomic E-state index is 12.4. The lowest BCUT2D eigenvalue weighted by Crippen LogP contribution is -2.10. The smallest absolute Gasteiger partial charge is 0.291 e. The van der Waals surface area contributed by atoms with E-state index in [1.165, 1.54) is 7.11 Å². The molecule has 2 aromatic carbocycles. The lowest BCUT2D eigenvalue weighted by molar-refractivity contribution is 0.0995. The average Bonchev–Trinajstić information content (AvgIpc) is 3.16. The first kappa shape index (κ1) is 19.6.